The van der Waals surface area contributed by atoms with Gasteiger partial charge in [-0.2, -0.15) is 5.26 Å². The van der Waals surface area contributed by atoms with Crippen molar-refractivity contribution < 1.29 is 13.9 Å². The maximum Gasteiger partial charge on any atom is 0.238 e. The highest BCUT2D eigenvalue weighted by molar-refractivity contribution is 6.12. The van der Waals surface area contributed by atoms with Crippen LogP contribution < -0.4 is 4.74 Å². The molecule has 0 bridgehead atoms. The lowest BCUT2D eigenvalue weighted by Crippen LogP contribution is -2.00. The minimum absolute atomic E-state index is 0.00941. The summed E-state index contributed by atoms with van der Waals surface area (Å²) in [6, 6.07) is 22.2. The third-order valence-corrected chi connectivity index (χ3v) is 3.53. The molecule has 1 aromatic heterocycles. The molecule has 122 valence electrons. The maximum atomic E-state index is 12.2. The van der Waals surface area contributed by atoms with E-state index in [-0.39, 0.29) is 11.3 Å². The molecule has 25 heavy (non-hydrogen) atoms. The maximum absolute atomic E-state index is 12.2. The fraction of sp³-hybridized carbons (Fsp3) is 0.0476. The van der Waals surface area contributed by atoms with Gasteiger partial charge in [0.1, 0.15) is 24.0 Å². The standard InChI is InChI=1S/C21H15NO3/c22-14-18(21(23)20-10-5-11-24-20)12-17-8-4-9-19(13-17)25-15-16-6-2-1-3-7-16/h1-13H,15H2/b18-12+. The topological polar surface area (TPSA) is 63.2 Å². The van der Waals surface area contributed by atoms with Crippen molar-refractivity contribution in [2.45, 2.75) is 6.61 Å². The fourth-order valence-corrected chi connectivity index (χ4v) is 2.29. The predicted molar refractivity (Wildman–Crippen MR) is 93.8 cm³/mol. The minimum Gasteiger partial charge on any atom is -0.489 e. The van der Waals surface area contributed by atoms with Crippen LogP contribution in [0, 0.1) is 11.3 Å². The molecular formula is C21H15NO3. The number of nitrogens with zero attached hydrogens (tertiary/aromatic N) is 1. The monoisotopic (exact) mass is 329 g/mol. The number of carbonyl (C=O) groups is 1. The summed E-state index contributed by atoms with van der Waals surface area (Å²) < 4.78 is 10.8. The second-order valence-corrected chi connectivity index (χ2v) is 5.32. The van der Waals surface area contributed by atoms with Crippen LogP contribution in [0.2, 0.25) is 0 Å². The quantitative estimate of drug-likeness (QED) is 0.375. The van der Waals surface area contributed by atoms with Crippen LogP contribution in [0.5, 0.6) is 5.75 Å². The molecule has 3 rings (SSSR count). The van der Waals surface area contributed by atoms with Crippen molar-refractivity contribution in [3.63, 3.8) is 0 Å². The van der Waals surface area contributed by atoms with E-state index in [1.54, 1.807) is 12.1 Å². The molecule has 4 nitrogen and oxygen atoms in total. The average Bonchev–Trinajstić information content (AvgIpc) is 3.20. The Labute approximate surface area is 145 Å². The highest BCUT2D eigenvalue weighted by Gasteiger charge is 2.14. The number of ketones is 1. The van der Waals surface area contributed by atoms with Crippen LogP contribution >= 0.6 is 0 Å². The van der Waals surface area contributed by atoms with Crippen molar-refractivity contribution in [1.29, 1.82) is 5.26 Å². The van der Waals surface area contributed by atoms with Crippen LogP contribution in [-0.4, -0.2) is 5.78 Å². The molecule has 0 amide bonds. The summed E-state index contributed by atoms with van der Waals surface area (Å²) in [6.07, 6.45) is 2.93. The lowest BCUT2D eigenvalue weighted by Gasteiger charge is -2.07. The highest BCUT2D eigenvalue weighted by atomic mass is 16.5. The third-order valence-electron chi connectivity index (χ3n) is 3.53. The van der Waals surface area contributed by atoms with E-state index in [1.807, 2.05) is 54.6 Å². The Balaban J connectivity index is 1.76. The summed E-state index contributed by atoms with van der Waals surface area (Å²) >= 11 is 0. The van der Waals surface area contributed by atoms with Gasteiger partial charge in [0, 0.05) is 0 Å². The number of hydrogen-bond acceptors (Lipinski definition) is 4. The van der Waals surface area contributed by atoms with E-state index in [0.29, 0.717) is 17.9 Å². The molecule has 0 aliphatic carbocycles. The number of rotatable bonds is 6. The van der Waals surface area contributed by atoms with Crippen LogP contribution in [0.25, 0.3) is 6.08 Å². The molecule has 0 saturated carbocycles. The van der Waals surface area contributed by atoms with Gasteiger partial charge in [-0.1, -0.05) is 42.5 Å². The molecule has 0 atom stereocenters. The van der Waals surface area contributed by atoms with Crippen LogP contribution in [-0.2, 0) is 6.61 Å². The summed E-state index contributed by atoms with van der Waals surface area (Å²) in [7, 11) is 0. The van der Waals surface area contributed by atoms with Crippen LogP contribution in [0.15, 0.2) is 83.0 Å². The number of carbonyl (C=O) groups excluding carboxylic acids is 1. The Kier molecular flexibility index (Phi) is 5.08. The summed E-state index contributed by atoms with van der Waals surface area (Å²) in [5, 5.41) is 9.27. The first-order chi connectivity index (χ1) is 12.3. The van der Waals surface area contributed by atoms with E-state index in [0.717, 1.165) is 5.56 Å². The first-order valence-corrected chi connectivity index (χ1v) is 7.73. The molecule has 2 aromatic carbocycles. The zero-order chi connectivity index (χ0) is 17.5. The largest absolute Gasteiger partial charge is 0.489 e. The summed E-state index contributed by atoms with van der Waals surface area (Å²) in [6.45, 7) is 0.449. The SMILES string of the molecule is N#C/C(=C\c1cccc(OCc2ccccc2)c1)C(=O)c1ccco1. The van der Waals surface area contributed by atoms with E-state index in [4.69, 9.17) is 9.15 Å². The van der Waals surface area contributed by atoms with Crippen LogP contribution in [0.4, 0.5) is 0 Å². The van der Waals surface area contributed by atoms with E-state index < -0.39 is 5.78 Å². The Morgan fingerprint density at radius 2 is 1.92 bits per heavy atom. The Morgan fingerprint density at radius 1 is 1.08 bits per heavy atom. The second kappa shape index (κ2) is 7.80. The van der Waals surface area contributed by atoms with Gasteiger partial charge < -0.3 is 9.15 Å². The number of furan rings is 1. The molecule has 3 aromatic rings. The lowest BCUT2D eigenvalue weighted by molar-refractivity contribution is 0.101. The van der Waals surface area contributed by atoms with Gasteiger partial charge >= 0.3 is 0 Å². The Morgan fingerprint density at radius 3 is 2.64 bits per heavy atom. The third kappa shape index (κ3) is 4.24. The van der Waals surface area contributed by atoms with Crippen LogP contribution in [0.3, 0.4) is 0 Å². The van der Waals surface area contributed by atoms with Gasteiger partial charge in [0.15, 0.2) is 5.76 Å². The molecule has 0 fully saturated rings. The van der Waals surface area contributed by atoms with Gasteiger partial charge in [-0.3, -0.25) is 4.79 Å². The minimum atomic E-state index is -0.442. The lowest BCUT2D eigenvalue weighted by atomic mass is 10.1. The number of nitriles is 1. The first-order valence-electron chi connectivity index (χ1n) is 7.73. The van der Waals surface area contributed by atoms with Crippen molar-refractivity contribution in [2.24, 2.45) is 0 Å². The van der Waals surface area contributed by atoms with Crippen molar-refractivity contribution in [3.8, 4) is 11.8 Å². The summed E-state index contributed by atoms with van der Waals surface area (Å²) in [5.74, 6) is 0.368. The molecule has 4 heteroatoms. The molecule has 0 saturated heterocycles. The van der Waals surface area contributed by atoms with Crippen molar-refractivity contribution in [3.05, 3.63) is 95.5 Å². The van der Waals surface area contributed by atoms with Gasteiger partial charge in [-0.25, -0.2) is 0 Å². The number of Topliss-reactive ketones (excluding diaryl/α,β-unsaturated/α-hetero) is 1. The Bertz CT molecular complexity index is 919. The van der Waals surface area contributed by atoms with Gasteiger partial charge in [0.25, 0.3) is 0 Å². The molecule has 0 N–H and O–H groups in total. The fourth-order valence-electron chi connectivity index (χ4n) is 2.29. The first kappa shape index (κ1) is 16.3. The zero-order valence-corrected chi connectivity index (χ0v) is 13.4. The van der Waals surface area contributed by atoms with E-state index in [9.17, 15) is 10.1 Å². The van der Waals surface area contributed by atoms with Gasteiger partial charge in [0.05, 0.1) is 6.26 Å². The summed E-state index contributed by atoms with van der Waals surface area (Å²) in [4.78, 5) is 12.2. The van der Waals surface area contributed by atoms with E-state index >= 15 is 0 Å². The molecule has 0 unspecified atom stereocenters. The molecule has 1 heterocycles. The predicted octanol–water partition coefficient (Wildman–Crippen LogP) is 4.65. The highest BCUT2D eigenvalue weighted by Crippen LogP contribution is 2.19. The zero-order valence-electron chi connectivity index (χ0n) is 13.4. The second-order valence-electron chi connectivity index (χ2n) is 5.32. The normalized spacial score (nSPS) is 10.9. The molecule has 0 aliphatic rings. The smallest absolute Gasteiger partial charge is 0.238 e. The number of allylic oxidation sites excluding steroid dienone is 1. The molecule has 0 radical (unpaired) electrons. The average molecular weight is 329 g/mol. The van der Waals surface area contributed by atoms with Crippen molar-refractivity contribution >= 4 is 11.9 Å². The van der Waals surface area contributed by atoms with E-state index in [1.165, 1.54) is 18.4 Å². The van der Waals surface area contributed by atoms with E-state index in [2.05, 4.69) is 0 Å². The van der Waals surface area contributed by atoms with Crippen molar-refractivity contribution in [1.82, 2.24) is 0 Å². The number of benzene rings is 2. The number of hydrogen-bond donors (Lipinski definition) is 0. The van der Waals surface area contributed by atoms with Crippen molar-refractivity contribution in [2.75, 3.05) is 0 Å². The molecular weight excluding hydrogens is 314 g/mol. The summed E-state index contributed by atoms with van der Waals surface area (Å²) in [5.41, 5.74) is 1.78. The molecule has 0 aliphatic heterocycles. The van der Waals surface area contributed by atoms with Crippen LogP contribution in [0.1, 0.15) is 21.7 Å². The van der Waals surface area contributed by atoms with Gasteiger partial charge in [-0.05, 0) is 41.5 Å². The molecule has 0 spiro atoms. The number of ether oxygens (including phenoxy) is 1. The van der Waals surface area contributed by atoms with Gasteiger partial charge in [0.2, 0.25) is 5.78 Å². The van der Waals surface area contributed by atoms with Gasteiger partial charge in [-0.15, -0.1) is 0 Å². The Hall–Kier alpha value is -3.58.